The largest absolute Gasteiger partial charge is 0.397 e. The van der Waals surface area contributed by atoms with Gasteiger partial charge in [0.15, 0.2) is 5.82 Å². The Bertz CT molecular complexity index is 1940. The molecule has 1 aliphatic heterocycles. The molecule has 3 aromatic carbocycles. The highest BCUT2D eigenvalue weighted by atomic mass is 35.5. The number of nitrogen functional groups attached to an aromatic ring is 1. The first-order valence-electron chi connectivity index (χ1n) is 14.5. The minimum Gasteiger partial charge on any atom is -0.397 e. The summed E-state index contributed by atoms with van der Waals surface area (Å²) in [6, 6.07) is 20.9. The summed E-state index contributed by atoms with van der Waals surface area (Å²) in [6.45, 7) is 8.01. The third-order valence-corrected chi connectivity index (χ3v) is 9.44. The van der Waals surface area contributed by atoms with Crippen molar-refractivity contribution in [2.75, 3.05) is 11.1 Å². The number of rotatable bonds is 7. The fourth-order valence-corrected chi connectivity index (χ4v) is 6.76. The number of benzene rings is 3. The van der Waals surface area contributed by atoms with Crippen LogP contribution in [-0.2, 0) is 4.79 Å². The monoisotopic (exact) mass is 637 g/mol. The molecule has 4 N–H and O–H groups in total. The smallest absolute Gasteiger partial charge is 0.255 e. The maximum absolute atomic E-state index is 13.5. The lowest BCUT2D eigenvalue weighted by Crippen LogP contribution is -2.28. The van der Waals surface area contributed by atoms with Crippen molar-refractivity contribution in [3.05, 3.63) is 122 Å². The Kier molecular flexibility index (Phi) is 8.26. The highest BCUT2D eigenvalue weighted by Gasteiger charge is 2.32. The third-order valence-electron chi connectivity index (χ3n) is 8.00. The summed E-state index contributed by atoms with van der Waals surface area (Å²) in [5.41, 5.74) is 12.2. The van der Waals surface area contributed by atoms with Crippen molar-refractivity contribution in [3.63, 3.8) is 0 Å². The Morgan fingerprint density at radius 3 is 2.42 bits per heavy atom. The molecule has 2 atom stereocenters. The Labute approximate surface area is 270 Å². The predicted octanol–water partition coefficient (Wildman–Crippen LogP) is 6.90. The van der Waals surface area contributed by atoms with Gasteiger partial charge in [0.2, 0.25) is 5.91 Å². The molecule has 1 unspecified atom stereocenters. The van der Waals surface area contributed by atoms with Crippen LogP contribution in [0, 0.1) is 20.8 Å². The number of hydrogen-bond donors (Lipinski definition) is 3. The quantitative estimate of drug-likeness (QED) is 0.167. The molecule has 0 fully saturated rings. The molecule has 0 saturated heterocycles. The lowest BCUT2D eigenvalue weighted by molar-refractivity contribution is -0.122. The molecule has 6 rings (SSSR count). The van der Waals surface area contributed by atoms with Crippen LogP contribution >= 0.6 is 22.9 Å². The SMILES string of the molecule is Cc1sc2c(c1C)C(c1ccc(Cl)cc1)=N[C@@H](CC(=O)NC(C)c1ccc(C(=O)Nc3ccccc3N)cc1)c1nnc(C)n1-2. The maximum atomic E-state index is 13.5. The molecule has 5 aromatic rings. The average Bonchev–Trinajstić information content (AvgIpc) is 3.50. The Balaban J connectivity index is 1.23. The van der Waals surface area contributed by atoms with Crippen LogP contribution in [-0.4, -0.2) is 32.3 Å². The van der Waals surface area contributed by atoms with Crippen molar-refractivity contribution >= 4 is 51.8 Å². The van der Waals surface area contributed by atoms with Crippen molar-refractivity contribution < 1.29 is 9.59 Å². The van der Waals surface area contributed by atoms with Gasteiger partial charge >= 0.3 is 0 Å². The van der Waals surface area contributed by atoms with Gasteiger partial charge in [-0.3, -0.25) is 19.1 Å². The first kappa shape index (κ1) is 30.2. The van der Waals surface area contributed by atoms with E-state index in [-0.39, 0.29) is 24.3 Å². The van der Waals surface area contributed by atoms with E-state index >= 15 is 0 Å². The van der Waals surface area contributed by atoms with Gasteiger partial charge in [0.1, 0.15) is 16.9 Å². The number of aliphatic imine (C=N–C) groups is 1. The van der Waals surface area contributed by atoms with Crippen molar-refractivity contribution in [1.82, 2.24) is 20.1 Å². The number of nitrogens with two attached hydrogens (primary N) is 1. The maximum Gasteiger partial charge on any atom is 0.255 e. The minimum absolute atomic E-state index is 0.0749. The second-order valence-electron chi connectivity index (χ2n) is 11.1. The second-order valence-corrected chi connectivity index (χ2v) is 12.7. The molecule has 0 radical (unpaired) electrons. The molecule has 9 nitrogen and oxygen atoms in total. The van der Waals surface area contributed by atoms with Crippen LogP contribution in [0.4, 0.5) is 11.4 Å². The van der Waals surface area contributed by atoms with Crippen molar-refractivity contribution in [3.8, 4) is 5.00 Å². The summed E-state index contributed by atoms with van der Waals surface area (Å²) >= 11 is 7.88. The number of anilines is 2. The van der Waals surface area contributed by atoms with Crippen LogP contribution in [0.25, 0.3) is 5.00 Å². The van der Waals surface area contributed by atoms with Crippen LogP contribution in [0.3, 0.4) is 0 Å². The zero-order valence-corrected chi connectivity index (χ0v) is 26.8. The third kappa shape index (κ3) is 5.99. The van der Waals surface area contributed by atoms with Gasteiger partial charge in [-0.05, 0) is 75.2 Å². The van der Waals surface area contributed by atoms with Crippen LogP contribution in [0.5, 0.6) is 0 Å². The molecule has 2 aromatic heterocycles. The summed E-state index contributed by atoms with van der Waals surface area (Å²) in [5, 5.41) is 16.4. The van der Waals surface area contributed by atoms with E-state index < -0.39 is 6.04 Å². The van der Waals surface area contributed by atoms with Gasteiger partial charge in [-0.2, -0.15) is 0 Å². The van der Waals surface area contributed by atoms with Crippen LogP contribution < -0.4 is 16.4 Å². The number of thiophene rings is 1. The van der Waals surface area contributed by atoms with E-state index in [2.05, 4.69) is 34.7 Å². The van der Waals surface area contributed by atoms with Crippen LogP contribution in [0.15, 0.2) is 77.8 Å². The van der Waals surface area contributed by atoms with E-state index in [0.717, 1.165) is 38.8 Å². The normalized spacial score (nSPS) is 14.5. The van der Waals surface area contributed by atoms with Gasteiger partial charge in [0.05, 0.1) is 29.5 Å². The molecule has 0 aliphatic carbocycles. The molecular weight excluding hydrogens is 606 g/mol. The van der Waals surface area contributed by atoms with Gasteiger partial charge in [-0.25, -0.2) is 0 Å². The van der Waals surface area contributed by atoms with Crippen molar-refractivity contribution in [1.29, 1.82) is 0 Å². The van der Waals surface area contributed by atoms with E-state index in [1.165, 1.54) is 4.88 Å². The summed E-state index contributed by atoms with van der Waals surface area (Å²) in [4.78, 5) is 32.6. The number of fused-ring (bicyclic) bond motifs is 3. The van der Waals surface area contributed by atoms with Crippen LogP contribution in [0.1, 0.15) is 74.6 Å². The number of hydrogen-bond acceptors (Lipinski definition) is 7. The number of nitrogens with one attached hydrogen (secondary N) is 2. The lowest BCUT2D eigenvalue weighted by Gasteiger charge is -2.17. The average molecular weight is 638 g/mol. The molecular formula is C34H32ClN7O2S. The first-order valence-corrected chi connectivity index (χ1v) is 15.7. The fraction of sp³-hybridized carbons (Fsp3) is 0.206. The summed E-state index contributed by atoms with van der Waals surface area (Å²) in [6.07, 6.45) is 0.0749. The number of amides is 2. The highest BCUT2D eigenvalue weighted by Crippen LogP contribution is 2.39. The van der Waals surface area contributed by atoms with E-state index in [4.69, 9.17) is 22.3 Å². The number of aromatic nitrogens is 3. The van der Waals surface area contributed by atoms with Gasteiger partial charge in [-0.1, -0.05) is 48.0 Å². The molecule has 0 spiro atoms. The van der Waals surface area contributed by atoms with E-state index in [1.54, 1.807) is 35.6 Å². The van der Waals surface area contributed by atoms with Crippen molar-refractivity contribution in [2.45, 2.75) is 46.2 Å². The standard InChI is InChI=1S/C34H32ClN7O2S/c1-18-20(3)45-34-30(18)31(23-13-15-25(35)16-14-23)38-28(32-41-40-21(4)42(32)34)17-29(43)37-19(2)22-9-11-24(12-10-22)33(44)39-27-8-6-5-7-26(27)36/h5-16,19,28H,17,36H2,1-4H3,(H,37,43)(H,39,44)/t19?,28-/m0/s1. The molecule has 1 aliphatic rings. The Morgan fingerprint density at radius 1 is 1.00 bits per heavy atom. The molecule has 228 valence electrons. The van der Waals surface area contributed by atoms with Crippen molar-refractivity contribution in [2.24, 2.45) is 4.99 Å². The zero-order chi connectivity index (χ0) is 31.8. The van der Waals surface area contributed by atoms with Gasteiger partial charge in [-0.15, -0.1) is 21.5 Å². The fourth-order valence-electron chi connectivity index (χ4n) is 5.42. The first-order chi connectivity index (χ1) is 21.6. The molecule has 45 heavy (non-hydrogen) atoms. The zero-order valence-electron chi connectivity index (χ0n) is 25.3. The number of carbonyl (C=O) groups is 2. The molecule has 3 heterocycles. The van der Waals surface area contributed by atoms with Gasteiger partial charge < -0.3 is 16.4 Å². The number of nitrogens with zero attached hydrogens (tertiary/aromatic N) is 4. The van der Waals surface area contributed by atoms with E-state index in [9.17, 15) is 9.59 Å². The highest BCUT2D eigenvalue weighted by molar-refractivity contribution is 7.15. The minimum atomic E-state index is -0.570. The number of halogens is 1. The van der Waals surface area contributed by atoms with Crippen LogP contribution in [0.2, 0.25) is 5.02 Å². The summed E-state index contributed by atoms with van der Waals surface area (Å²) in [7, 11) is 0. The molecule has 2 amide bonds. The lowest BCUT2D eigenvalue weighted by atomic mass is 9.99. The van der Waals surface area contributed by atoms with E-state index in [0.29, 0.717) is 27.8 Å². The summed E-state index contributed by atoms with van der Waals surface area (Å²) < 4.78 is 2.03. The Morgan fingerprint density at radius 2 is 1.71 bits per heavy atom. The predicted molar refractivity (Wildman–Crippen MR) is 180 cm³/mol. The number of para-hydroxylation sites is 2. The number of carbonyl (C=O) groups excluding carboxylic acids is 2. The molecule has 11 heteroatoms. The van der Waals surface area contributed by atoms with Gasteiger partial charge in [0.25, 0.3) is 5.91 Å². The summed E-state index contributed by atoms with van der Waals surface area (Å²) in [5.74, 6) is 0.907. The van der Waals surface area contributed by atoms with E-state index in [1.807, 2.05) is 66.9 Å². The second kappa shape index (κ2) is 12.3. The molecule has 0 saturated carbocycles. The van der Waals surface area contributed by atoms with Gasteiger partial charge in [0, 0.05) is 26.6 Å². The molecule has 0 bridgehead atoms. The number of aryl methyl sites for hydroxylation is 2. The Hall–Kier alpha value is -4.80. The topological polar surface area (TPSA) is 127 Å².